The number of nitrogens with zero attached hydrogens (tertiary/aromatic N) is 1. The highest BCUT2D eigenvalue weighted by molar-refractivity contribution is 9.10. The van der Waals surface area contributed by atoms with Crippen molar-refractivity contribution >= 4 is 39.1 Å². The van der Waals surface area contributed by atoms with Gasteiger partial charge in [0.2, 0.25) is 5.91 Å². The summed E-state index contributed by atoms with van der Waals surface area (Å²) >= 11 is 3.18. The lowest BCUT2D eigenvalue weighted by atomic mass is 10.1. The van der Waals surface area contributed by atoms with Crippen molar-refractivity contribution in [3.8, 4) is 0 Å². The average Bonchev–Trinajstić information content (AvgIpc) is 3.17. The molecular formula is C17H15BrN2O3. The van der Waals surface area contributed by atoms with Crippen molar-refractivity contribution in [1.82, 2.24) is 0 Å². The third-order valence-electron chi connectivity index (χ3n) is 4.23. The molecular weight excluding hydrogens is 360 g/mol. The summed E-state index contributed by atoms with van der Waals surface area (Å²) in [6.07, 6.45) is 2.86. The Morgan fingerprint density at radius 1 is 1.22 bits per heavy atom. The van der Waals surface area contributed by atoms with Crippen LogP contribution in [-0.4, -0.2) is 18.4 Å². The van der Waals surface area contributed by atoms with Crippen molar-refractivity contribution in [2.45, 2.75) is 19.3 Å². The summed E-state index contributed by atoms with van der Waals surface area (Å²) in [7, 11) is 0. The van der Waals surface area contributed by atoms with E-state index in [2.05, 4.69) is 21.2 Å². The van der Waals surface area contributed by atoms with E-state index in [0.717, 1.165) is 37.1 Å². The first kappa shape index (κ1) is 14.5. The lowest BCUT2D eigenvalue weighted by Crippen LogP contribution is -2.30. The lowest BCUT2D eigenvalue weighted by molar-refractivity contribution is -0.119. The second-order valence-corrected chi connectivity index (χ2v) is 6.70. The number of anilines is 2. The summed E-state index contributed by atoms with van der Waals surface area (Å²) in [5.41, 5.74) is 2.73. The number of carbonyl (C=O) groups is 2. The molecule has 2 aromatic rings. The van der Waals surface area contributed by atoms with Gasteiger partial charge in [0, 0.05) is 23.8 Å². The van der Waals surface area contributed by atoms with E-state index in [1.54, 1.807) is 12.1 Å². The quantitative estimate of drug-likeness (QED) is 0.892. The van der Waals surface area contributed by atoms with Gasteiger partial charge in [-0.2, -0.15) is 0 Å². The maximum Gasteiger partial charge on any atom is 0.291 e. The molecule has 0 saturated heterocycles. The first-order chi connectivity index (χ1) is 11.1. The van der Waals surface area contributed by atoms with Crippen LogP contribution in [0.25, 0.3) is 0 Å². The van der Waals surface area contributed by atoms with Crippen LogP contribution < -0.4 is 10.2 Å². The Balaban J connectivity index is 1.55. The summed E-state index contributed by atoms with van der Waals surface area (Å²) in [4.78, 5) is 26.4. The number of hydrogen-bond donors (Lipinski definition) is 1. The van der Waals surface area contributed by atoms with Gasteiger partial charge in [-0.15, -0.1) is 0 Å². The van der Waals surface area contributed by atoms with Crippen molar-refractivity contribution < 1.29 is 14.0 Å². The standard InChI is InChI=1S/C17H15BrN2O3/c18-15-6-5-14(23-15)16(21)19-12-4-3-10-7-8-20(13(10)9-12)17(22)11-1-2-11/h3-6,9,11H,1-2,7-8H2,(H,19,21). The zero-order chi connectivity index (χ0) is 16.0. The minimum atomic E-state index is -0.311. The number of hydrogen-bond acceptors (Lipinski definition) is 3. The minimum absolute atomic E-state index is 0.194. The lowest BCUT2D eigenvalue weighted by Gasteiger charge is -2.17. The van der Waals surface area contributed by atoms with Crippen molar-refractivity contribution in [3.63, 3.8) is 0 Å². The molecule has 0 unspecified atom stereocenters. The Kier molecular flexibility index (Phi) is 3.49. The Hall–Kier alpha value is -2.08. The number of carbonyl (C=O) groups excluding carboxylic acids is 2. The highest BCUT2D eigenvalue weighted by Crippen LogP contribution is 2.37. The minimum Gasteiger partial charge on any atom is -0.444 e. The average molecular weight is 375 g/mol. The molecule has 2 aliphatic rings. The van der Waals surface area contributed by atoms with Gasteiger partial charge in [-0.3, -0.25) is 9.59 Å². The largest absolute Gasteiger partial charge is 0.444 e. The summed E-state index contributed by atoms with van der Waals surface area (Å²) in [6, 6.07) is 8.99. The molecule has 1 aliphatic heterocycles. The fraction of sp³-hybridized carbons (Fsp3) is 0.294. The molecule has 4 rings (SSSR count). The molecule has 0 radical (unpaired) electrons. The third-order valence-corrected chi connectivity index (χ3v) is 4.65. The van der Waals surface area contributed by atoms with Crippen LogP contribution in [-0.2, 0) is 11.2 Å². The summed E-state index contributed by atoms with van der Waals surface area (Å²) in [5, 5.41) is 2.81. The monoisotopic (exact) mass is 374 g/mol. The Morgan fingerprint density at radius 3 is 2.74 bits per heavy atom. The highest BCUT2D eigenvalue weighted by Gasteiger charge is 2.36. The maximum absolute atomic E-state index is 12.3. The molecule has 2 heterocycles. The van der Waals surface area contributed by atoms with E-state index < -0.39 is 0 Å². The molecule has 1 aromatic heterocycles. The van der Waals surface area contributed by atoms with Crippen LogP contribution in [0.3, 0.4) is 0 Å². The zero-order valence-electron chi connectivity index (χ0n) is 12.3. The van der Waals surface area contributed by atoms with E-state index in [9.17, 15) is 9.59 Å². The van der Waals surface area contributed by atoms with E-state index in [-0.39, 0.29) is 23.5 Å². The SMILES string of the molecule is O=C(Nc1ccc2c(c1)N(C(=O)C1CC1)CC2)c1ccc(Br)o1. The number of benzene rings is 1. The van der Waals surface area contributed by atoms with E-state index in [0.29, 0.717) is 10.4 Å². The Bertz CT molecular complexity index is 795. The smallest absolute Gasteiger partial charge is 0.291 e. The number of halogens is 1. The van der Waals surface area contributed by atoms with Crippen molar-refractivity contribution in [2.75, 3.05) is 16.8 Å². The Labute approximate surface area is 141 Å². The van der Waals surface area contributed by atoms with Gasteiger partial charge in [0.25, 0.3) is 5.91 Å². The molecule has 5 nitrogen and oxygen atoms in total. The van der Waals surface area contributed by atoms with Crippen LogP contribution in [0.1, 0.15) is 29.0 Å². The van der Waals surface area contributed by atoms with Crippen molar-refractivity contribution in [3.05, 3.63) is 46.3 Å². The van der Waals surface area contributed by atoms with E-state index in [1.807, 2.05) is 23.1 Å². The normalized spacial score (nSPS) is 16.3. The fourth-order valence-electron chi connectivity index (χ4n) is 2.87. The molecule has 118 valence electrons. The topological polar surface area (TPSA) is 62.6 Å². The van der Waals surface area contributed by atoms with Gasteiger partial charge in [-0.25, -0.2) is 0 Å². The predicted octanol–water partition coefficient (Wildman–Crippen LogP) is 3.59. The van der Waals surface area contributed by atoms with Gasteiger partial charge in [-0.05, 0) is 65.0 Å². The molecule has 1 aliphatic carbocycles. The summed E-state index contributed by atoms with van der Waals surface area (Å²) < 4.78 is 5.76. The number of amides is 2. The molecule has 0 bridgehead atoms. The third kappa shape index (κ3) is 2.79. The van der Waals surface area contributed by atoms with Crippen LogP contribution in [0.2, 0.25) is 0 Å². The van der Waals surface area contributed by atoms with Gasteiger partial charge < -0.3 is 14.6 Å². The van der Waals surface area contributed by atoms with Gasteiger partial charge in [0.15, 0.2) is 10.4 Å². The summed E-state index contributed by atoms with van der Waals surface area (Å²) in [5.74, 6) is 0.332. The van der Waals surface area contributed by atoms with Crippen molar-refractivity contribution in [1.29, 1.82) is 0 Å². The first-order valence-corrected chi connectivity index (χ1v) is 8.42. The second kappa shape index (κ2) is 5.53. The molecule has 23 heavy (non-hydrogen) atoms. The first-order valence-electron chi connectivity index (χ1n) is 7.63. The summed E-state index contributed by atoms with van der Waals surface area (Å²) in [6.45, 7) is 0.729. The number of fused-ring (bicyclic) bond motifs is 1. The van der Waals surface area contributed by atoms with Crippen LogP contribution >= 0.6 is 15.9 Å². The molecule has 0 atom stereocenters. The van der Waals surface area contributed by atoms with Gasteiger partial charge >= 0.3 is 0 Å². The fourth-order valence-corrected chi connectivity index (χ4v) is 3.17. The zero-order valence-corrected chi connectivity index (χ0v) is 13.9. The Morgan fingerprint density at radius 2 is 2.04 bits per heavy atom. The molecule has 1 fully saturated rings. The van der Waals surface area contributed by atoms with E-state index in [4.69, 9.17) is 4.42 Å². The van der Waals surface area contributed by atoms with Crippen LogP contribution in [0.4, 0.5) is 11.4 Å². The second-order valence-electron chi connectivity index (χ2n) is 5.92. The molecule has 2 amide bonds. The number of furan rings is 1. The van der Waals surface area contributed by atoms with E-state index >= 15 is 0 Å². The number of rotatable bonds is 3. The maximum atomic E-state index is 12.3. The van der Waals surface area contributed by atoms with Crippen molar-refractivity contribution in [2.24, 2.45) is 5.92 Å². The molecule has 6 heteroatoms. The highest BCUT2D eigenvalue weighted by atomic mass is 79.9. The molecule has 1 saturated carbocycles. The predicted molar refractivity (Wildman–Crippen MR) is 89.6 cm³/mol. The molecule has 1 N–H and O–H groups in total. The van der Waals surface area contributed by atoms with Crippen LogP contribution in [0.15, 0.2) is 39.4 Å². The van der Waals surface area contributed by atoms with E-state index in [1.165, 1.54) is 0 Å². The molecule has 1 aromatic carbocycles. The van der Waals surface area contributed by atoms with Crippen LogP contribution in [0.5, 0.6) is 0 Å². The van der Waals surface area contributed by atoms with Gasteiger partial charge in [0.05, 0.1) is 0 Å². The molecule has 0 spiro atoms. The van der Waals surface area contributed by atoms with Crippen LogP contribution in [0, 0.1) is 5.92 Å². The number of nitrogens with one attached hydrogen (secondary N) is 1. The van der Waals surface area contributed by atoms with Gasteiger partial charge in [-0.1, -0.05) is 6.07 Å². The van der Waals surface area contributed by atoms with Gasteiger partial charge in [0.1, 0.15) is 0 Å².